The van der Waals surface area contributed by atoms with Crippen molar-refractivity contribution in [2.24, 2.45) is 0 Å². The zero-order chi connectivity index (χ0) is 13.4. The van der Waals surface area contributed by atoms with Gasteiger partial charge in [-0.15, -0.1) is 0 Å². The summed E-state index contributed by atoms with van der Waals surface area (Å²) in [5, 5.41) is 0.613. The third-order valence-electron chi connectivity index (χ3n) is 3.77. The van der Waals surface area contributed by atoms with Crippen molar-refractivity contribution in [3.63, 3.8) is 0 Å². The van der Waals surface area contributed by atoms with Gasteiger partial charge in [0.15, 0.2) is 6.61 Å². The zero-order valence-corrected chi connectivity index (χ0v) is 11.7. The first-order chi connectivity index (χ1) is 9.13. The fourth-order valence-corrected chi connectivity index (χ4v) is 2.85. The first-order valence-corrected chi connectivity index (χ1v) is 6.90. The number of ketones is 1. The highest BCUT2D eigenvalue weighted by molar-refractivity contribution is 6.31. The van der Waals surface area contributed by atoms with E-state index in [4.69, 9.17) is 16.3 Å². The lowest BCUT2D eigenvalue weighted by molar-refractivity contribution is 0.0960. The second kappa shape index (κ2) is 5.12. The molecule has 1 fully saturated rings. The average Bonchev–Trinajstić information content (AvgIpc) is 2.74. The third-order valence-corrected chi connectivity index (χ3v) is 3.99. The molecular weight excluding hydrogens is 264 g/mol. The summed E-state index contributed by atoms with van der Waals surface area (Å²) < 4.78 is 5.51. The van der Waals surface area contributed by atoms with Crippen LogP contribution in [0.3, 0.4) is 0 Å². The SMILES string of the molecule is CN1CCN(Cc2cc(Cl)cc3c2OCC3=O)CC1. The minimum Gasteiger partial charge on any atom is -0.484 e. The maximum atomic E-state index is 11.7. The molecule has 0 saturated carbocycles. The number of nitrogens with zero attached hydrogens (tertiary/aromatic N) is 2. The maximum Gasteiger partial charge on any atom is 0.203 e. The zero-order valence-electron chi connectivity index (χ0n) is 11.0. The number of ether oxygens (including phenoxy) is 1. The standard InChI is InChI=1S/C14H17ClN2O2/c1-16-2-4-17(5-3-16)8-10-6-11(15)7-12-13(18)9-19-14(10)12/h6-7H,2-5,8-9H2,1H3. The van der Waals surface area contributed by atoms with E-state index in [1.807, 2.05) is 6.07 Å². The Hall–Kier alpha value is -1.10. The van der Waals surface area contributed by atoms with Gasteiger partial charge in [-0.2, -0.15) is 0 Å². The predicted molar refractivity (Wildman–Crippen MR) is 74.1 cm³/mol. The molecule has 4 nitrogen and oxygen atoms in total. The van der Waals surface area contributed by atoms with E-state index in [-0.39, 0.29) is 12.4 Å². The number of hydrogen-bond acceptors (Lipinski definition) is 4. The molecule has 0 bridgehead atoms. The molecule has 19 heavy (non-hydrogen) atoms. The molecule has 3 rings (SSSR count). The van der Waals surface area contributed by atoms with Gasteiger partial charge in [0, 0.05) is 43.3 Å². The summed E-state index contributed by atoms with van der Waals surface area (Å²) in [5.74, 6) is 0.755. The molecule has 0 aliphatic carbocycles. The van der Waals surface area contributed by atoms with Gasteiger partial charge in [-0.3, -0.25) is 9.69 Å². The summed E-state index contributed by atoms with van der Waals surface area (Å²) in [5.41, 5.74) is 1.66. The van der Waals surface area contributed by atoms with E-state index in [0.717, 1.165) is 44.0 Å². The molecule has 0 N–H and O–H groups in total. The van der Waals surface area contributed by atoms with Crippen molar-refractivity contribution in [2.75, 3.05) is 39.8 Å². The summed E-state index contributed by atoms with van der Waals surface area (Å²) in [7, 11) is 2.14. The fourth-order valence-electron chi connectivity index (χ4n) is 2.61. The Morgan fingerprint density at radius 3 is 2.74 bits per heavy atom. The monoisotopic (exact) mass is 280 g/mol. The first-order valence-electron chi connectivity index (χ1n) is 6.53. The molecule has 0 aromatic heterocycles. The maximum absolute atomic E-state index is 11.7. The minimum absolute atomic E-state index is 0.0251. The Balaban J connectivity index is 1.81. The van der Waals surface area contributed by atoms with E-state index in [1.165, 1.54) is 0 Å². The van der Waals surface area contributed by atoms with Gasteiger partial charge in [0.2, 0.25) is 5.78 Å². The molecule has 0 unspecified atom stereocenters. The highest BCUT2D eigenvalue weighted by Gasteiger charge is 2.26. The van der Waals surface area contributed by atoms with Crippen LogP contribution in [0, 0.1) is 0 Å². The number of hydrogen-bond donors (Lipinski definition) is 0. The molecule has 1 saturated heterocycles. The van der Waals surface area contributed by atoms with Crippen LogP contribution in [-0.2, 0) is 6.54 Å². The van der Waals surface area contributed by atoms with Crippen molar-refractivity contribution in [1.82, 2.24) is 9.80 Å². The van der Waals surface area contributed by atoms with Crippen molar-refractivity contribution in [1.29, 1.82) is 0 Å². The van der Waals surface area contributed by atoms with Crippen LogP contribution >= 0.6 is 11.6 Å². The average molecular weight is 281 g/mol. The number of piperazine rings is 1. The van der Waals surface area contributed by atoms with Crippen LogP contribution in [0.2, 0.25) is 5.02 Å². The summed E-state index contributed by atoms with van der Waals surface area (Å²) in [6, 6.07) is 3.62. The van der Waals surface area contributed by atoms with E-state index in [2.05, 4.69) is 16.8 Å². The number of benzene rings is 1. The van der Waals surface area contributed by atoms with Crippen molar-refractivity contribution >= 4 is 17.4 Å². The molecule has 102 valence electrons. The summed E-state index contributed by atoms with van der Waals surface area (Å²) in [4.78, 5) is 16.4. The molecule has 1 aromatic rings. The Kier molecular flexibility index (Phi) is 3.48. The van der Waals surface area contributed by atoms with E-state index in [0.29, 0.717) is 10.6 Å². The van der Waals surface area contributed by atoms with Gasteiger partial charge in [-0.05, 0) is 19.2 Å². The number of fused-ring (bicyclic) bond motifs is 1. The summed E-state index contributed by atoms with van der Waals surface area (Å²) in [6.07, 6.45) is 0. The van der Waals surface area contributed by atoms with Gasteiger partial charge < -0.3 is 9.64 Å². The minimum atomic E-state index is 0.0251. The number of Topliss-reactive ketones (excluding diaryl/α,β-unsaturated/α-hetero) is 1. The van der Waals surface area contributed by atoms with Crippen molar-refractivity contribution in [3.8, 4) is 5.75 Å². The third kappa shape index (κ3) is 2.61. The number of halogens is 1. The molecular formula is C14H17ClN2O2. The first kappa shape index (κ1) is 12.9. The van der Waals surface area contributed by atoms with Crippen LogP contribution in [0.1, 0.15) is 15.9 Å². The van der Waals surface area contributed by atoms with Crippen molar-refractivity contribution in [2.45, 2.75) is 6.54 Å². The second-order valence-corrected chi connectivity index (χ2v) is 5.67. The molecule has 5 heteroatoms. The van der Waals surface area contributed by atoms with Crippen molar-refractivity contribution < 1.29 is 9.53 Å². The van der Waals surface area contributed by atoms with Gasteiger partial charge in [-0.25, -0.2) is 0 Å². The van der Waals surface area contributed by atoms with Gasteiger partial charge in [0.1, 0.15) is 5.75 Å². The van der Waals surface area contributed by atoms with E-state index >= 15 is 0 Å². The molecule has 0 spiro atoms. The van der Waals surface area contributed by atoms with Crippen LogP contribution in [0.15, 0.2) is 12.1 Å². The number of rotatable bonds is 2. The smallest absolute Gasteiger partial charge is 0.203 e. The lowest BCUT2D eigenvalue weighted by Gasteiger charge is -2.32. The molecule has 0 radical (unpaired) electrons. The molecule has 0 atom stereocenters. The van der Waals surface area contributed by atoms with E-state index in [9.17, 15) is 4.79 Å². The summed E-state index contributed by atoms with van der Waals surface area (Å²) in [6.45, 7) is 5.15. The Bertz CT molecular complexity index is 510. The Morgan fingerprint density at radius 2 is 2.00 bits per heavy atom. The van der Waals surface area contributed by atoms with Crippen LogP contribution in [0.4, 0.5) is 0 Å². The fraction of sp³-hybridized carbons (Fsp3) is 0.500. The second-order valence-electron chi connectivity index (χ2n) is 5.23. The molecule has 1 aromatic carbocycles. The van der Waals surface area contributed by atoms with Gasteiger partial charge >= 0.3 is 0 Å². The lowest BCUT2D eigenvalue weighted by Crippen LogP contribution is -2.43. The van der Waals surface area contributed by atoms with Gasteiger partial charge in [0.25, 0.3) is 0 Å². The van der Waals surface area contributed by atoms with E-state index in [1.54, 1.807) is 6.07 Å². The summed E-state index contributed by atoms with van der Waals surface area (Å²) >= 11 is 6.10. The van der Waals surface area contributed by atoms with Crippen LogP contribution in [0.25, 0.3) is 0 Å². The quantitative estimate of drug-likeness (QED) is 0.825. The van der Waals surface area contributed by atoms with Crippen LogP contribution < -0.4 is 4.74 Å². The number of carbonyl (C=O) groups excluding carboxylic acids is 1. The lowest BCUT2D eigenvalue weighted by atomic mass is 10.1. The topological polar surface area (TPSA) is 32.8 Å². The Morgan fingerprint density at radius 1 is 1.26 bits per heavy atom. The predicted octanol–water partition coefficient (Wildman–Crippen LogP) is 1.66. The largest absolute Gasteiger partial charge is 0.484 e. The van der Waals surface area contributed by atoms with Gasteiger partial charge in [-0.1, -0.05) is 11.6 Å². The molecule has 2 aliphatic heterocycles. The van der Waals surface area contributed by atoms with E-state index < -0.39 is 0 Å². The van der Waals surface area contributed by atoms with Crippen LogP contribution in [0.5, 0.6) is 5.75 Å². The Labute approximate surface area is 117 Å². The normalized spacial score (nSPS) is 20.4. The highest BCUT2D eigenvalue weighted by Crippen LogP contribution is 2.33. The highest BCUT2D eigenvalue weighted by atomic mass is 35.5. The molecule has 2 aliphatic rings. The number of likely N-dealkylation sites (N-methyl/N-ethyl adjacent to an activating group) is 1. The number of carbonyl (C=O) groups is 1. The molecule has 0 amide bonds. The molecule has 2 heterocycles. The van der Waals surface area contributed by atoms with Gasteiger partial charge in [0.05, 0.1) is 5.56 Å². The van der Waals surface area contributed by atoms with Crippen molar-refractivity contribution in [3.05, 3.63) is 28.3 Å². The van der Waals surface area contributed by atoms with Crippen LogP contribution in [-0.4, -0.2) is 55.4 Å².